The van der Waals surface area contributed by atoms with Crippen LogP contribution in [0.4, 0.5) is 0 Å². The fourth-order valence-electron chi connectivity index (χ4n) is 2.30. The van der Waals surface area contributed by atoms with E-state index in [1.165, 1.54) is 0 Å². The zero-order chi connectivity index (χ0) is 12.9. The van der Waals surface area contributed by atoms with Gasteiger partial charge in [-0.25, -0.2) is 0 Å². The second-order valence-electron chi connectivity index (χ2n) is 5.55. The van der Waals surface area contributed by atoms with Crippen molar-refractivity contribution in [2.45, 2.75) is 45.3 Å². The van der Waals surface area contributed by atoms with Crippen molar-refractivity contribution in [2.24, 2.45) is 11.1 Å². The highest BCUT2D eigenvalue weighted by atomic mass is 16.5. The molecule has 0 aromatic heterocycles. The highest BCUT2D eigenvalue weighted by Gasteiger charge is 2.28. The number of hydrogen-bond donors (Lipinski definition) is 1. The van der Waals surface area contributed by atoms with Crippen LogP contribution in [0, 0.1) is 16.7 Å². The van der Waals surface area contributed by atoms with Crippen LogP contribution < -0.4 is 5.73 Å². The molecule has 4 nitrogen and oxygen atoms in total. The summed E-state index contributed by atoms with van der Waals surface area (Å²) in [7, 11) is 1.77. The summed E-state index contributed by atoms with van der Waals surface area (Å²) in [5, 5.41) is 9.01. The fourth-order valence-corrected chi connectivity index (χ4v) is 2.30. The van der Waals surface area contributed by atoms with Gasteiger partial charge in [-0.1, -0.05) is 0 Å². The lowest BCUT2D eigenvalue weighted by Crippen LogP contribution is -2.49. The Morgan fingerprint density at radius 3 is 2.76 bits per heavy atom. The molecule has 0 bridgehead atoms. The van der Waals surface area contributed by atoms with Gasteiger partial charge in [-0.2, -0.15) is 5.26 Å². The number of hydrogen-bond acceptors (Lipinski definition) is 4. The quantitative estimate of drug-likeness (QED) is 0.787. The molecule has 1 aliphatic rings. The summed E-state index contributed by atoms with van der Waals surface area (Å²) < 4.78 is 5.40. The van der Waals surface area contributed by atoms with E-state index in [2.05, 4.69) is 11.0 Å². The van der Waals surface area contributed by atoms with E-state index < -0.39 is 0 Å². The number of nitriles is 1. The number of nitrogens with two attached hydrogens (primary N) is 1. The largest absolute Gasteiger partial charge is 0.381 e. The zero-order valence-electron chi connectivity index (χ0n) is 11.3. The molecule has 17 heavy (non-hydrogen) atoms. The zero-order valence-corrected chi connectivity index (χ0v) is 11.3. The summed E-state index contributed by atoms with van der Waals surface area (Å²) in [6.07, 6.45) is 3.33. The first-order valence-electron chi connectivity index (χ1n) is 6.40. The Kier molecular flexibility index (Phi) is 5.38. The van der Waals surface area contributed by atoms with E-state index in [0.717, 1.165) is 32.4 Å². The highest BCUT2D eigenvalue weighted by Crippen LogP contribution is 2.23. The van der Waals surface area contributed by atoms with Crippen molar-refractivity contribution in [2.75, 3.05) is 26.7 Å². The summed E-state index contributed by atoms with van der Waals surface area (Å²) in [6, 6.07) is 2.76. The highest BCUT2D eigenvalue weighted by molar-refractivity contribution is 4.93. The molecule has 0 amide bonds. The van der Waals surface area contributed by atoms with Crippen LogP contribution in [-0.2, 0) is 4.74 Å². The molecule has 1 rings (SSSR count). The topological polar surface area (TPSA) is 62.3 Å². The molecule has 2 atom stereocenters. The number of piperidine rings is 1. The molecule has 1 saturated heterocycles. The minimum atomic E-state index is -0.239. The normalized spacial score (nSPS) is 26.8. The van der Waals surface area contributed by atoms with Gasteiger partial charge in [0.15, 0.2) is 0 Å². The average molecular weight is 239 g/mol. The molecule has 1 aliphatic heterocycles. The van der Waals surface area contributed by atoms with E-state index in [1.54, 1.807) is 7.11 Å². The summed E-state index contributed by atoms with van der Waals surface area (Å²) in [5.74, 6) is 0. The first-order valence-corrected chi connectivity index (χ1v) is 6.40. The van der Waals surface area contributed by atoms with Crippen LogP contribution in [0.1, 0.15) is 33.1 Å². The number of likely N-dealkylation sites (tertiary alicyclic amines) is 1. The molecule has 0 radical (unpaired) electrons. The smallest absolute Gasteiger partial charge is 0.0684 e. The summed E-state index contributed by atoms with van der Waals surface area (Å²) in [4.78, 5) is 2.41. The van der Waals surface area contributed by atoms with Gasteiger partial charge in [0.25, 0.3) is 0 Å². The minimum Gasteiger partial charge on any atom is -0.381 e. The van der Waals surface area contributed by atoms with E-state index in [1.807, 2.05) is 13.8 Å². The van der Waals surface area contributed by atoms with Crippen molar-refractivity contribution in [1.29, 1.82) is 5.26 Å². The Hall–Kier alpha value is -0.630. The third-order valence-corrected chi connectivity index (χ3v) is 3.72. The van der Waals surface area contributed by atoms with Crippen LogP contribution in [0.25, 0.3) is 0 Å². The van der Waals surface area contributed by atoms with Crippen LogP contribution >= 0.6 is 0 Å². The monoisotopic (exact) mass is 239 g/mol. The van der Waals surface area contributed by atoms with Crippen molar-refractivity contribution >= 4 is 0 Å². The number of rotatable bonds is 5. The lowest BCUT2D eigenvalue weighted by atomic mass is 9.90. The molecule has 0 aromatic rings. The van der Waals surface area contributed by atoms with Crippen molar-refractivity contribution in [3.8, 4) is 6.07 Å². The van der Waals surface area contributed by atoms with E-state index in [9.17, 15) is 0 Å². The van der Waals surface area contributed by atoms with Gasteiger partial charge in [0.05, 0.1) is 17.6 Å². The molecule has 1 heterocycles. The predicted octanol–water partition coefficient (Wildman–Crippen LogP) is 1.36. The predicted molar refractivity (Wildman–Crippen MR) is 68.5 cm³/mol. The summed E-state index contributed by atoms with van der Waals surface area (Å²) in [6.45, 7) is 6.65. The van der Waals surface area contributed by atoms with Gasteiger partial charge < -0.3 is 10.5 Å². The van der Waals surface area contributed by atoms with Gasteiger partial charge in [-0.05, 0) is 39.7 Å². The van der Waals surface area contributed by atoms with Gasteiger partial charge in [0.1, 0.15) is 0 Å². The lowest BCUT2D eigenvalue weighted by Gasteiger charge is -2.39. The van der Waals surface area contributed by atoms with Crippen LogP contribution in [0.3, 0.4) is 0 Å². The number of methoxy groups -OCH3 is 1. The lowest BCUT2D eigenvalue weighted by molar-refractivity contribution is 0.0109. The Bertz CT molecular complexity index is 272. The minimum absolute atomic E-state index is 0.239. The molecule has 0 spiro atoms. The molecule has 2 N–H and O–H groups in total. The summed E-state index contributed by atoms with van der Waals surface area (Å²) in [5.41, 5.74) is 5.58. The van der Waals surface area contributed by atoms with E-state index >= 15 is 0 Å². The van der Waals surface area contributed by atoms with Gasteiger partial charge in [-0.3, -0.25) is 4.90 Å². The van der Waals surface area contributed by atoms with Crippen LogP contribution in [-0.4, -0.2) is 43.8 Å². The molecule has 4 heteroatoms. The van der Waals surface area contributed by atoms with E-state index in [4.69, 9.17) is 15.7 Å². The second kappa shape index (κ2) is 6.34. The van der Waals surface area contributed by atoms with Crippen molar-refractivity contribution in [3.05, 3.63) is 0 Å². The van der Waals surface area contributed by atoms with E-state index in [-0.39, 0.29) is 5.41 Å². The Morgan fingerprint density at radius 1 is 1.53 bits per heavy atom. The average Bonchev–Trinajstić information content (AvgIpc) is 2.36. The molecule has 0 aromatic carbocycles. The molecular formula is C13H25N3O. The van der Waals surface area contributed by atoms with Gasteiger partial charge >= 0.3 is 0 Å². The molecule has 0 aliphatic carbocycles. The number of nitrogens with zero attached hydrogens (tertiary/aromatic N) is 2. The van der Waals surface area contributed by atoms with Crippen LogP contribution in [0.15, 0.2) is 0 Å². The van der Waals surface area contributed by atoms with Crippen molar-refractivity contribution < 1.29 is 4.74 Å². The van der Waals surface area contributed by atoms with Gasteiger partial charge in [-0.15, -0.1) is 0 Å². The Labute approximate surface area is 105 Å². The van der Waals surface area contributed by atoms with Crippen LogP contribution in [0.5, 0.6) is 0 Å². The van der Waals surface area contributed by atoms with Crippen LogP contribution in [0.2, 0.25) is 0 Å². The third kappa shape index (κ3) is 4.27. The van der Waals surface area contributed by atoms with E-state index in [0.29, 0.717) is 18.7 Å². The first kappa shape index (κ1) is 14.4. The maximum Gasteiger partial charge on any atom is 0.0684 e. The molecule has 98 valence electrons. The Balaban J connectivity index is 2.46. The first-order chi connectivity index (χ1) is 8.02. The molecule has 2 unspecified atom stereocenters. The molecular weight excluding hydrogens is 214 g/mol. The summed E-state index contributed by atoms with van der Waals surface area (Å²) >= 11 is 0. The standard InChI is InChI=1S/C13H25N3O/c1-13(2,10-15)5-7-16-6-4-12(17-3)8-11(16)9-14/h11-12H,4-9,14H2,1-3H3. The third-order valence-electron chi connectivity index (χ3n) is 3.72. The molecule has 1 fully saturated rings. The SMILES string of the molecule is COC1CCN(CCC(C)(C)C#N)C(CN)C1. The van der Waals surface area contributed by atoms with Gasteiger partial charge in [0.2, 0.25) is 0 Å². The molecule has 0 saturated carbocycles. The maximum atomic E-state index is 9.01. The maximum absolute atomic E-state index is 9.01. The Morgan fingerprint density at radius 2 is 2.24 bits per heavy atom. The second-order valence-corrected chi connectivity index (χ2v) is 5.55. The van der Waals surface area contributed by atoms with Crippen molar-refractivity contribution in [1.82, 2.24) is 4.90 Å². The number of ether oxygens (including phenoxy) is 1. The van der Waals surface area contributed by atoms with Crippen molar-refractivity contribution in [3.63, 3.8) is 0 Å². The van der Waals surface area contributed by atoms with Gasteiger partial charge in [0, 0.05) is 26.2 Å². The fraction of sp³-hybridized carbons (Fsp3) is 0.923.